The van der Waals surface area contributed by atoms with Crippen LogP contribution in [0.4, 0.5) is 0 Å². The zero-order valence-corrected chi connectivity index (χ0v) is 7.53. The van der Waals surface area contributed by atoms with Gasteiger partial charge in [-0.05, 0) is 36.3 Å². The van der Waals surface area contributed by atoms with E-state index in [0.717, 1.165) is 5.57 Å². The molecule has 0 bridgehead atoms. The van der Waals surface area contributed by atoms with Crippen LogP contribution in [0.2, 0.25) is 0 Å². The molecule has 1 aliphatic rings. The fourth-order valence-corrected chi connectivity index (χ4v) is 1.59. The maximum absolute atomic E-state index is 11.0. The van der Waals surface area contributed by atoms with Crippen LogP contribution in [-0.4, -0.2) is 16.0 Å². The molecule has 0 spiro atoms. The highest BCUT2D eigenvalue weighted by Gasteiger charge is 2.16. The number of allylic oxidation sites excluding steroid dienone is 2. The van der Waals surface area contributed by atoms with Crippen molar-refractivity contribution in [2.45, 2.75) is 12.8 Å². The fourth-order valence-electron chi connectivity index (χ4n) is 1.59. The molecule has 0 aromatic heterocycles. The van der Waals surface area contributed by atoms with E-state index < -0.39 is 0 Å². The summed E-state index contributed by atoms with van der Waals surface area (Å²) in [6.45, 7) is 0. The van der Waals surface area contributed by atoms with Crippen molar-refractivity contribution in [1.82, 2.24) is 0 Å². The maximum atomic E-state index is 11.0. The minimum absolute atomic E-state index is 0.0720. The van der Waals surface area contributed by atoms with E-state index in [2.05, 4.69) is 0 Å². The molecule has 72 valence electrons. The average Bonchev–Trinajstić information content (AvgIpc) is 2.56. The molecule has 0 atom stereocenters. The molecular weight excluding hydrogens is 180 g/mol. The maximum Gasteiger partial charge on any atom is 0.156 e. The van der Waals surface area contributed by atoms with E-state index in [9.17, 15) is 15.0 Å². The highest BCUT2D eigenvalue weighted by Crippen LogP contribution is 2.33. The molecular formula is C11H10O3. The van der Waals surface area contributed by atoms with Gasteiger partial charge in [0.05, 0.1) is 0 Å². The van der Waals surface area contributed by atoms with Gasteiger partial charge in [-0.1, -0.05) is 0 Å². The predicted octanol–water partition coefficient (Wildman–Crippen LogP) is 1.84. The summed E-state index contributed by atoms with van der Waals surface area (Å²) in [5.41, 5.74) is 1.35. The van der Waals surface area contributed by atoms with Crippen LogP contribution in [0, 0.1) is 0 Å². The molecule has 1 aliphatic carbocycles. The summed E-state index contributed by atoms with van der Waals surface area (Å²) in [6, 6.07) is 4.31. The number of benzene rings is 1. The number of carbonyl (C=O) groups excluding carboxylic acids is 1. The molecule has 0 heterocycles. The molecule has 3 nitrogen and oxygen atoms in total. The second-order valence-corrected chi connectivity index (χ2v) is 3.34. The number of ketones is 1. The molecule has 0 radical (unpaired) electrons. The first kappa shape index (κ1) is 8.81. The van der Waals surface area contributed by atoms with Gasteiger partial charge >= 0.3 is 0 Å². The number of rotatable bonds is 1. The largest absolute Gasteiger partial charge is 0.508 e. The normalized spacial score (nSPS) is 15.7. The van der Waals surface area contributed by atoms with Gasteiger partial charge in [-0.25, -0.2) is 0 Å². The fraction of sp³-hybridized carbons (Fsp3) is 0.182. The van der Waals surface area contributed by atoms with Crippen LogP contribution in [0.3, 0.4) is 0 Å². The topological polar surface area (TPSA) is 57.5 Å². The zero-order chi connectivity index (χ0) is 10.1. The summed E-state index contributed by atoms with van der Waals surface area (Å²) in [7, 11) is 0. The quantitative estimate of drug-likeness (QED) is 0.664. The van der Waals surface area contributed by atoms with Gasteiger partial charge in [-0.2, -0.15) is 0 Å². The Morgan fingerprint density at radius 2 is 1.93 bits per heavy atom. The Kier molecular flexibility index (Phi) is 2.00. The van der Waals surface area contributed by atoms with Crippen molar-refractivity contribution in [2.75, 3.05) is 0 Å². The number of carbonyl (C=O) groups is 1. The Labute approximate surface area is 81.3 Å². The standard InChI is InChI=1S/C11H10O3/c12-8-2-1-7(5-8)10-6-9(13)3-4-11(10)14/h3-6,13-14H,1-2H2. The Balaban J connectivity index is 2.46. The van der Waals surface area contributed by atoms with Crippen LogP contribution < -0.4 is 0 Å². The van der Waals surface area contributed by atoms with E-state index in [1.54, 1.807) is 0 Å². The van der Waals surface area contributed by atoms with Crippen LogP contribution in [0.25, 0.3) is 5.57 Å². The highest BCUT2D eigenvalue weighted by molar-refractivity contribution is 6.02. The Hall–Kier alpha value is -1.77. The number of aromatic hydroxyl groups is 2. The summed E-state index contributed by atoms with van der Waals surface area (Å²) in [5, 5.41) is 18.8. The van der Waals surface area contributed by atoms with Crippen LogP contribution in [-0.2, 0) is 4.79 Å². The van der Waals surface area contributed by atoms with Gasteiger partial charge in [0, 0.05) is 12.0 Å². The molecule has 0 unspecified atom stereocenters. The third-order valence-corrected chi connectivity index (χ3v) is 2.30. The molecule has 14 heavy (non-hydrogen) atoms. The summed E-state index contributed by atoms with van der Waals surface area (Å²) in [6.07, 6.45) is 2.65. The van der Waals surface area contributed by atoms with E-state index in [1.807, 2.05) is 0 Å². The van der Waals surface area contributed by atoms with E-state index in [0.29, 0.717) is 18.4 Å². The Morgan fingerprint density at radius 1 is 1.14 bits per heavy atom. The molecule has 2 rings (SSSR count). The first-order valence-corrected chi connectivity index (χ1v) is 4.42. The molecule has 3 heteroatoms. The lowest BCUT2D eigenvalue weighted by atomic mass is 10.0. The number of hydrogen-bond acceptors (Lipinski definition) is 3. The zero-order valence-electron chi connectivity index (χ0n) is 7.53. The monoisotopic (exact) mass is 190 g/mol. The average molecular weight is 190 g/mol. The predicted molar refractivity (Wildman–Crippen MR) is 52.0 cm³/mol. The minimum Gasteiger partial charge on any atom is -0.508 e. The third kappa shape index (κ3) is 1.48. The summed E-state index contributed by atoms with van der Waals surface area (Å²) < 4.78 is 0. The first-order chi connectivity index (χ1) is 6.66. The summed E-state index contributed by atoms with van der Waals surface area (Å²) in [5.74, 6) is 0.268. The van der Waals surface area contributed by atoms with Gasteiger partial charge in [0.25, 0.3) is 0 Å². The number of hydrogen-bond donors (Lipinski definition) is 2. The molecule has 2 N–H and O–H groups in total. The summed E-state index contributed by atoms with van der Waals surface area (Å²) >= 11 is 0. The van der Waals surface area contributed by atoms with Crippen molar-refractivity contribution in [3.8, 4) is 11.5 Å². The van der Waals surface area contributed by atoms with Crippen molar-refractivity contribution < 1.29 is 15.0 Å². The lowest BCUT2D eigenvalue weighted by Crippen LogP contribution is -1.81. The molecule has 0 saturated carbocycles. The van der Waals surface area contributed by atoms with E-state index in [-0.39, 0.29) is 17.3 Å². The number of phenols is 2. The van der Waals surface area contributed by atoms with Crippen molar-refractivity contribution >= 4 is 11.4 Å². The smallest absolute Gasteiger partial charge is 0.156 e. The molecule has 0 saturated heterocycles. The summed E-state index contributed by atoms with van der Waals surface area (Å²) in [4.78, 5) is 11.0. The highest BCUT2D eigenvalue weighted by atomic mass is 16.3. The van der Waals surface area contributed by atoms with Gasteiger partial charge in [-0.3, -0.25) is 4.79 Å². The van der Waals surface area contributed by atoms with Crippen molar-refractivity contribution in [3.05, 3.63) is 29.8 Å². The van der Waals surface area contributed by atoms with Crippen LogP contribution in [0.1, 0.15) is 18.4 Å². The molecule has 0 aliphatic heterocycles. The number of phenolic OH excluding ortho intramolecular Hbond substituents is 2. The van der Waals surface area contributed by atoms with E-state index in [1.165, 1.54) is 24.3 Å². The molecule has 1 aromatic carbocycles. The van der Waals surface area contributed by atoms with Gasteiger partial charge in [0.15, 0.2) is 5.78 Å². The first-order valence-electron chi connectivity index (χ1n) is 4.42. The third-order valence-electron chi connectivity index (χ3n) is 2.30. The molecule has 1 aromatic rings. The minimum atomic E-state index is 0.0720. The SMILES string of the molecule is O=C1C=C(c2cc(O)ccc2O)CC1. The van der Waals surface area contributed by atoms with Gasteiger partial charge < -0.3 is 10.2 Å². The molecule has 0 amide bonds. The van der Waals surface area contributed by atoms with Crippen LogP contribution >= 0.6 is 0 Å². The molecule has 0 fully saturated rings. The lowest BCUT2D eigenvalue weighted by molar-refractivity contribution is -0.114. The van der Waals surface area contributed by atoms with Crippen LogP contribution in [0.5, 0.6) is 11.5 Å². The second-order valence-electron chi connectivity index (χ2n) is 3.34. The Bertz CT molecular complexity index is 419. The Morgan fingerprint density at radius 3 is 2.57 bits per heavy atom. The van der Waals surface area contributed by atoms with Gasteiger partial charge in [0.2, 0.25) is 0 Å². The van der Waals surface area contributed by atoms with Crippen molar-refractivity contribution in [2.24, 2.45) is 0 Å². The van der Waals surface area contributed by atoms with Crippen molar-refractivity contribution in [1.29, 1.82) is 0 Å². The van der Waals surface area contributed by atoms with Crippen LogP contribution in [0.15, 0.2) is 24.3 Å². The van der Waals surface area contributed by atoms with Gasteiger partial charge in [-0.15, -0.1) is 0 Å². The van der Waals surface area contributed by atoms with Gasteiger partial charge in [0.1, 0.15) is 11.5 Å². The van der Waals surface area contributed by atoms with Crippen molar-refractivity contribution in [3.63, 3.8) is 0 Å². The lowest BCUT2D eigenvalue weighted by Gasteiger charge is -2.04. The second kappa shape index (κ2) is 3.18. The van der Waals surface area contributed by atoms with E-state index in [4.69, 9.17) is 0 Å². The van der Waals surface area contributed by atoms with E-state index >= 15 is 0 Å².